The molecule has 1 aliphatic carbocycles. The van der Waals surface area contributed by atoms with Crippen LogP contribution in [-0.2, 0) is 17.8 Å². The molecule has 2 aromatic carbocycles. The van der Waals surface area contributed by atoms with Gasteiger partial charge in [-0.15, -0.1) is 6.58 Å². The van der Waals surface area contributed by atoms with Crippen LogP contribution in [0.1, 0.15) is 63.0 Å². The predicted octanol–water partition coefficient (Wildman–Crippen LogP) is 8.15. The first-order valence-electron chi connectivity index (χ1n) is 11.8. The average molecular weight is 403 g/mol. The maximum absolute atomic E-state index is 5.63. The van der Waals surface area contributed by atoms with Crippen molar-refractivity contribution >= 4 is 0 Å². The molecule has 1 fully saturated rings. The van der Waals surface area contributed by atoms with Crippen LogP contribution in [0.15, 0.2) is 73.3 Å². The molecule has 0 heterocycles. The Labute approximate surface area is 183 Å². The van der Waals surface area contributed by atoms with E-state index in [1.54, 1.807) is 0 Å². The first-order chi connectivity index (χ1) is 14.8. The average Bonchev–Trinajstić information content (AvgIpc) is 2.81. The SMILES string of the molecule is C=CC1CCC(CCCCc2ccc(-c3ccc(COC/C=C/C)cc3)cc2)CC1. The molecule has 1 nitrogen and oxygen atoms in total. The summed E-state index contributed by atoms with van der Waals surface area (Å²) in [4.78, 5) is 0. The maximum atomic E-state index is 5.63. The Morgan fingerprint density at radius 2 is 1.50 bits per heavy atom. The molecule has 3 rings (SSSR count). The summed E-state index contributed by atoms with van der Waals surface area (Å²) in [7, 11) is 0. The lowest BCUT2D eigenvalue weighted by atomic mass is 9.80. The smallest absolute Gasteiger partial charge is 0.0721 e. The van der Waals surface area contributed by atoms with Gasteiger partial charge < -0.3 is 4.74 Å². The monoisotopic (exact) mass is 402 g/mol. The molecule has 1 aliphatic rings. The van der Waals surface area contributed by atoms with Gasteiger partial charge in [0, 0.05) is 0 Å². The first kappa shape index (κ1) is 22.6. The van der Waals surface area contributed by atoms with Crippen LogP contribution in [0.2, 0.25) is 0 Å². The summed E-state index contributed by atoms with van der Waals surface area (Å²) < 4.78 is 5.63. The molecular formula is C29H38O. The molecule has 1 heteroatoms. The van der Waals surface area contributed by atoms with E-state index in [1.165, 1.54) is 73.6 Å². The van der Waals surface area contributed by atoms with Crippen molar-refractivity contribution in [3.8, 4) is 11.1 Å². The van der Waals surface area contributed by atoms with Crippen LogP contribution < -0.4 is 0 Å². The lowest BCUT2D eigenvalue weighted by Crippen LogP contribution is -2.12. The van der Waals surface area contributed by atoms with Crippen LogP contribution in [-0.4, -0.2) is 6.61 Å². The second-order valence-corrected chi connectivity index (χ2v) is 8.74. The molecule has 0 N–H and O–H groups in total. The van der Waals surface area contributed by atoms with Gasteiger partial charge in [0.2, 0.25) is 0 Å². The number of hydrogen-bond donors (Lipinski definition) is 0. The van der Waals surface area contributed by atoms with Crippen LogP contribution in [0.5, 0.6) is 0 Å². The molecular weight excluding hydrogens is 364 g/mol. The Morgan fingerprint density at radius 1 is 0.867 bits per heavy atom. The number of aryl methyl sites for hydroxylation is 1. The molecule has 2 aromatic rings. The quantitative estimate of drug-likeness (QED) is 0.272. The summed E-state index contributed by atoms with van der Waals surface area (Å²) >= 11 is 0. The normalized spacial score (nSPS) is 19.2. The third-order valence-corrected chi connectivity index (χ3v) is 6.51. The lowest BCUT2D eigenvalue weighted by molar-refractivity contribution is 0.148. The van der Waals surface area contributed by atoms with E-state index in [0.29, 0.717) is 13.2 Å². The van der Waals surface area contributed by atoms with Gasteiger partial charge in [0.15, 0.2) is 0 Å². The predicted molar refractivity (Wildman–Crippen MR) is 130 cm³/mol. The maximum Gasteiger partial charge on any atom is 0.0721 e. The molecule has 0 bridgehead atoms. The van der Waals surface area contributed by atoms with Crippen LogP contribution in [0.4, 0.5) is 0 Å². The number of rotatable bonds is 11. The van der Waals surface area contributed by atoms with Gasteiger partial charge >= 0.3 is 0 Å². The van der Waals surface area contributed by atoms with E-state index < -0.39 is 0 Å². The number of allylic oxidation sites excluding steroid dienone is 2. The minimum atomic E-state index is 0.666. The van der Waals surface area contributed by atoms with Crippen molar-refractivity contribution in [1.82, 2.24) is 0 Å². The Morgan fingerprint density at radius 3 is 2.10 bits per heavy atom. The molecule has 0 unspecified atom stereocenters. The Balaban J connectivity index is 1.38. The largest absolute Gasteiger partial charge is 0.373 e. The standard InChI is InChI=1S/C29H38O/c1-3-5-22-30-23-27-16-20-29(21-17-27)28-18-14-26(15-19-28)9-7-6-8-25-12-10-24(4-2)11-13-25/h3-5,14-21,24-25H,2,6-13,22-23H2,1H3/b5-3+. The Hall–Kier alpha value is -2.12. The topological polar surface area (TPSA) is 9.23 Å². The number of unbranched alkanes of at least 4 members (excludes halogenated alkanes) is 1. The number of hydrogen-bond acceptors (Lipinski definition) is 1. The molecule has 0 spiro atoms. The zero-order valence-corrected chi connectivity index (χ0v) is 18.7. The Kier molecular flexibility index (Phi) is 9.44. The van der Waals surface area contributed by atoms with Crippen molar-refractivity contribution in [2.75, 3.05) is 6.61 Å². The van der Waals surface area contributed by atoms with Crippen LogP contribution in [0.3, 0.4) is 0 Å². The van der Waals surface area contributed by atoms with Crippen molar-refractivity contribution in [1.29, 1.82) is 0 Å². The molecule has 0 amide bonds. The second-order valence-electron chi connectivity index (χ2n) is 8.74. The summed E-state index contributed by atoms with van der Waals surface area (Å²) in [6, 6.07) is 17.9. The fourth-order valence-electron chi connectivity index (χ4n) is 4.47. The van der Waals surface area contributed by atoms with Crippen molar-refractivity contribution in [3.05, 3.63) is 84.5 Å². The van der Waals surface area contributed by atoms with Crippen molar-refractivity contribution in [3.63, 3.8) is 0 Å². The zero-order valence-electron chi connectivity index (χ0n) is 18.7. The van der Waals surface area contributed by atoms with Crippen LogP contribution in [0, 0.1) is 11.8 Å². The lowest BCUT2D eigenvalue weighted by Gasteiger charge is -2.26. The number of benzene rings is 2. The van der Waals surface area contributed by atoms with Gasteiger partial charge in [0.05, 0.1) is 13.2 Å². The summed E-state index contributed by atoms with van der Waals surface area (Å²) in [5.41, 5.74) is 5.24. The summed E-state index contributed by atoms with van der Waals surface area (Å²) in [5.74, 6) is 1.74. The van der Waals surface area contributed by atoms with Crippen molar-refractivity contribution in [2.45, 2.75) is 64.9 Å². The zero-order chi connectivity index (χ0) is 21.0. The van der Waals surface area contributed by atoms with E-state index in [-0.39, 0.29) is 0 Å². The second kappa shape index (κ2) is 12.5. The van der Waals surface area contributed by atoms with Gasteiger partial charge in [-0.2, -0.15) is 0 Å². The highest BCUT2D eigenvalue weighted by Gasteiger charge is 2.18. The van der Waals surface area contributed by atoms with Gasteiger partial charge in [0.1, 0.15) is 0 Å². The third kappa shape index (κ3) is 7.29. The molecule has 0 atom stereocenters. The van der Waals surface area contributed by atoms with E-state index in [9.17, 15) is 0 Å². The van der Waals surface area contributed by atoms with Gasteiger partial charge in [-0.3, -0.25) is 0 Å². The third-order valence-electron chi connectivity index (χ3n) is 6.51. The summed E-state index contributed by atoms with van der Waals surface area (Å²) in [6.07, 6.45) is 17.0. The molecule has 0 radical (unpaired) electrons. The van der Waals surface area contributed by atoms with Gasteiger partial charge in [-0.05, 0) is 79.5 Å². The van der Waals surface area contributed by atoms with E-state index in [0.717, 1.165) is 11.8 Å². The highest BCUT2D eigenvalue weighted by atomic mass is 16.5. The van der Waals surface area contributed by atoms with E-state index in [1.807, 2.05) is 19.1 Å². The fraction of sp³-hybridized carbons (Fsp3) is 0.448. The van der Waals surface area contributed by atoms with E-state index >= 15 is 0 Å². The van der Waals surface area contributed by atoms with Gasteiger partial charge in [-0.1, -0.05) is 79.6 Å². The fourth-order valence-corrected chi connectivity index (χ4v) is 4.47. The van der Waals surface area contributed by atoms with Crippen LogP contribution in [0.25, 0.3) is 11.1 Å². The molecule has 0 aliphatic heterocycles. The molecule has 1 saturated carbocycles. The molecule has 160 valence electrons. The van der Waals surface area contributed by atoms with E-state index in [2.05, 4.69) is 61.2 Å². The minimum Gasteiger partial charge on any atom is -0.373 e. The van der Waals surface area contributed by atoms with Crippen LogP contribution >= 0.6 is 0 Å². The highest BCUT2D eigenvalue weighted by molar-refractivity contribution is 5.63. The van der Waals surface area contributed by atoms with Crippen molar-refractivity contribution < 1.29 is 4.74 Å². The molecule has 0 aromatic heterocycles. The molecule has 0 saturated heterocycles. The first-order valence-corrected chi connectivity index (χ1v) is 11.8. The summed E-state index contributed by atoms with van der Waals surface area (Å²) in [6.45, 7) is 7.31. The van der Waals surface area contributed by atoms with Gasteiger partial charge in [-0.25, -0.2) is 0 Å². The van der Waals surface area contributed by atoms with Gasteiger partial charge in [0.25, 0.3) is 0 Å². The molecule has 30 heavy (non-hydrogen) atoms. The number of ether oxygens (including phenoxy) is 1. The van der Waals surface area contributed by atoms with E-state index in [4.69, 9.17) is 4.74 Å². The summed E-state index contributed by atoms with van der Waals surface area (Å²) in [5, 5.41) is 0. The highest BCUT2D eigenvalue weighted by Crippen LogP contribution is 2.32. The van der Waals surface area contributed by atoms with Crippen molar-refractivity contribution in [2.24, 2.45) is 11.8 Å². The minimum absolute atomic E-state index is 0.666. The Bertz CT molecular complexity index is 761.